The van der Waals surface area contributed by atoms with Gasteiger partial charge in [0.1, 0.15) is 0 Å². The third kappa shape index (κ3) is 5.42. The molecule has 34 heavy (non-hydrogen) atoms. The number of nitrogens with one attached hydrogen (secondary N) is 1. The first-order chi connectivity index (χ1) is 16.3. The van der Waals surface area contributed by atoms with Crippen molar-refractivity contribution in [2.75, 3.05) is 32.7 Å². The van der Waals surface area contributed by atoms with Crippen LogP contribution >= 0.6 is 0 Å². The lowest BCUT2D eigenvalue weighted by Crippen LogP contribution is -2.53. The zero-order valence-electron chi connectivity index (χ0n) is 20.2. The van der Waals surface area contributed by atoms with Gasteiger partial charge in [0.25, 0.3) is 0 Å². The van der Waals surface area contributed by atoms with E-state index in [4.69, 9.17) is 0 Å². The topological polar surface area (TPSA) is 90.0 Å². The molecule has 2 saturated heterocycles. The molecule has 8 nitrogen and oxygen atoms in total. The SMILES string of the molecule is CC(C)C(=O)N1CCN(C(=O)C2CCC(CN3C(=O)CC(c4ccccc4)NC3=O)CC2)CC1. The molecule has 0 spiro atoms. The summed E-state index contributed by atoms with van der Waals surface area (Å²) >= 11 is 0. The molecule has 1 aliphatic carbocycles. The summed E-state index contributed by atoms with van der Waals surface area (Å²) in [5, 5.41) is 2.97. The van der Waals surface area contributed by atoms with Crippen molar-refractivity contribution in [2.45, 2.75) is 52.0 Å². The van der Waals surface area contributed by atoms with Crippen LogP contribution in [0.15, 0.2) is 30.3 Å². The molecule has 4 rings (SSSR count). The van der Waals surface area contributed by atoms with Crippen molar-refractivity contribution in [2.24, 2.45) is 17.8 Å². The van der Waals surface area contributed by atoms with Gasteiger partial charge in [0, 0.05) is 44.6 Å². The van der Waals surface area contributed by atoms with E-state index in [2.05, 4.69) is 5.32 Å². The molecule has 3 aliphatic rings. The Balaban J connectivity index is 1.23. The van der Waals surface area contributed by atoms with Crippen LogP contribution in [0.2, 0.25) is 0 Å². The van der Waals surface area contributed by atoms with E-state index >= 15 is 0 Å². The first-order valence-electron chi connectivity index (χ1n) is 12.6. The predicted molar refractivity (Wildman–Crippen MR) is 127 cm³/mol. The zero-order chi connectivity index (χ0) is 24.2. The number of rotatable bonds is 5. The number of carbonyl (C=O) groups is 4. The van der Waals surface area contributed by atoms with Crippen molar-refractivity contribution in [1.29, 1.82) is 0 Å². The molecule has 184 valence electrons. The van der Waals surface area contributed by atoms with E-state index in [-0.39, 0.29) is 54.0 Å². The van der Waals surface area contributed by atoms with Crippen molar-refractivity contribution >= 4 is 23.8 Å². The lowest BCUT2D eigenvalue weighted by atomic mass is 9.81. The van der Waals surface area contributed by atoms with E-state index in [1.54, 1.807) is 0 Å². The first kappa shape index (κ1) is 24.2. The minimum Gasteiger partial charge on any atom is -0.339 e. The van der Waals surface area contributed by atoms with Crippen molar-refractivity contribution < 1.29 is 19.2 Å². The summed E-state index contributed by atoms with van der Waals surface area (Å²) in [6.07, 6.45) is 3.51. The molecule has 1 unspecified atom stereocenters. The van der Waals surface area contributed by atoms with E-state index in [0.717, 1.165) is 31.2 Å². The van der Waals surface area contributed by atoms with Crippen LogP contribution in [-0.4, -0.2) is 71.2 Å². The molecule has 0 bridgehead atoms. The van der Waals surface area contributed by atoms with Gasteiger partial charge in [0.2, 0.25) is 17.7 Å². The number of nitrogens with zero attached hydrogens (tertiary/aromatic N) is 3. The average molecular weight is 469 g/mol. The highest BCUT2D eigenvalue weighted by atomic mass is 16.2. The van der Waals surface area contributed by atoms with E-state index in [1.165, 1.54) is 4.90 Å². The van der Waals surface area contributed by atoms with Crippen LogP contribution in [-0.2, 0) is 14.4 Å². The molecule has 1 saturated carbocycles. The third-order valence-electron chi connectivity index (χ3n) is 7.46. The largest absolute Gasteiger partial charge is 0.339 e. The van der Waals surface area contributed by atoms with Gasteiger partial charge in [-0.05, 0) is 37.2 Å². The molecule has 1 aromatic carbocycles. The second-order valence-electron chi connectivity index (χ2n) is 10.1. The zero-order valence-corrected chi connectivity index (χ0v) is 20.2. The van der Waals surface area contributed by atoms with E-state index in [0.29, 0.717) is 32.7 Å². The second kappa shape index (κ2) is 10.6. The van der Waals surface area contributed by atoms with Crippen LogP contribution < -0.4 is 5.32 Å². The average Bonchev–Trinajstić information content (AvgIpc) is 2.86. The summed E-state index contributed by atoms with van der Waals surface area (Å²) in [6.45, 7) is 6.64. The molecule has 2 aliphatic heterocycles. The molecule has 0 radical (unpaired) electrons. The summed E-state index contributed by atoms with van der Waals surface area (Å²) in [5.41, 5.74) is 0.942. The normalized spacial score (nSPS) is 26.0. The minimum absolute atomic E-state index is 0.00283. The molecule has 1 aromatic rings. The smallest absolute Gasteiger partial charge is 0.324 e. The first-order valence-corrected chi connectivity index (χ1v) is 12.6. The number of piperazine rings is 1. The Labute approximate surface area is 201 Å². The van der Waals surface area contributed by atoms with Crippen LogP contribution in [0.4, 0.5) is 4.79 Å². The maximum absolute atomic E-state index is 13.0. The molecule has 3 fully saturated rings. The maximum atomic E-state index is 13.0. The molecule has 5 amide bonds. The van der Waals surface area contributed by atoms with Crippen LogP contribution in [0.3, 0.4) is 0 Å². The standard InChI is InChI=1S/C26H36N4O4/c1-18(2)24(32)28-12-14-29(15-13-28)25(33)21-10-8-19(9-11-21)17-30-23(31)16-22(27-26(30)34)20-6-4-3-5-7-20/h3-7,18-19,21-22H,8-17H2,1-2H3,(H,27,34). The highest BCUT2D eigenvalue weighted by Crippen LogP contribution is 2.32. The van der Waals surface area contributed by atoms with Gasteiger partial charge in [0.15, 0.2) is 0 Å². The van der Waals surface area contributed by atoms with Gasteiger partial charge >= 0.3 is 6.03 Å². The summed E-state index contributed by atoms with van der Waals surface area (Å²) < 4.78 is 0. The second-order valence-corrected chi connectivity index (χ2v) is 10.1. The summed E-state index contributed by atoms with van der Waals surface area (Å²) in [5.74, 6) is 0.413. The number of amides is 5. The summed E-state index contributed by atoms with van der Waals surface area (Å²) in [7, 11) is 0. The van der Waals surface area contributed by atoms with Crippen LogP contribution in [0.1, 0.15) is 57.6 Å². The molecular weight excluding hydrogens is 432 g/mol. The quantitative estimate of drug-likeness (QED) is 0.720. The third-order valence-corrected chi connectivity index (χ3v) is 7.46. The number of imide groups is 1. The molecule has 1 atom stereocenters. The lowest BCUT2D eigenvalue weighted by molar-refractivity contribution is -0.144. The molecular formula is C26H36N4O4. The van der Waals surface area contributed by atoms with E-state index < -0.39 is 0 Å². The predicted octanol–water partition coefficient (Wildman–Crippen LogP) is 2.80. The highest BCUT2D eigenvalue weighted by molar-refractivity contribution is 5.97. The van der Waals surface area contributed by atoms with Crippen molar-refractivity contribution in [3.05, 3.63) is 35.9 Å². The summed E-state index contributed by atoms with van der Waals surface area (Å²) in [6, 6.07) is 8.98. The lowest BCUT2D eigenvalue weighted by Gasteiger charge is -2.39. The Hall–Kier alpha value is -2.90. The number of carbonyl (C=O) groups excluding carboxylic acids is 4. The number of benzene rings is 1. The van der Waals surface area contributed by atoms with Gasteiger partial charge in [-0.15, -0.1) is 0 Å². The maximum Gasteiger partial charge on any atom is 0.324 e. The Kier molecular flexibility index (Phi) is 7.54. The molecule has 1 N–H and O–H groups in total. The van der Waals surface area contributed by atoms with Gasteiger partial charge in [-0.1, -0.05) is 44.2 Å². The Morgan fingerprint density at radius 1 is 0.941 bits per heavy atom. The molecule has 0 aromatic heterocycles. The number of hydrogen-bond donors (Lipinski definition) is 1. The van der Waals surface area contributed by atoms with Crippen molar-refractivity contribution in [3.63, 3.8) is 0 Å². The van der Waals surface area contributed by atoms with Crippen molar-refractivity contribution in [1.82, 2.24) is 20.0 Å². The minimum atomic E-state index is -0.322. The Morgan fingerprint density at radius 3 is 2.15 bits per heavy atom. The molecule has 8 heteroatoms. The van der Waals surface area contributed by atoms with Crippen molar-refractivity contribution in [3.8, 4) is 0 Å². The van der Waals surface area contributed by atoms with Gasteiger partial charge < -0.3 is 15.1 Å². The number of urea groups is 1. The fourth-order valence-corrected chi connectivity index (χ4v) is 5.37. The van der Waals surface area contributed by atoms with E-state index in [1.807, 2.05) is 54.0 Å². The monoisotopic (exact) mass is 468 g/mol. The number of hydrogen-bond acceptors (Lipinski definition) is 4. The van der Waals surface area contributed by atoms with Gasteiger partial charge in [-0.3, -0.25) is 19.3 Å². The fourth-order valence-electron chi connectivity index (χ4n) is 5.37. The van der Waals surface area contributed by atoms with Crippen LogP contribution in [0.25, 0.3) is 0 Å². The fraction of sp³-hybridized carbons (Fsp3) is 0.615. The van der Waals surface area contributed by atoms with Crippen LogP contribution in [0, 0.1) is 17.8 Å². The van der Waals surface area contributed by atoms with E-state index in [9.17, 15) is 19.2 Å². The van der Waals surface area contributed by atoms with Gasteiger partial charge in [0.05, 0.1) is 12.5 Å². The van der Waals surface area contributed by atoms with Gasteiger partial charge in [-0.2, -0.15) is 0 Å². The molecule has 2 heterocycles. The van der Waals surface area contributed by atoms with Gasteiger partial charge in [-0.25, -0.2) is 4.79 Å². The highest BCUT2D eigenvalue weighted by Gasteiger charge is 2.37. The Bertz CT molecular complexity index is 885. The summed E-state index contributed by atoms with van der Waals surface area (Å²) in [4.78, 5) is 55.7. The van der Waals surface area contributed by atoms with Crippen LogP contribution in [0.5, 0.6) is 0 Å². The Morgan fingerprint density at radius 2 is 1.56 bits per heavy atom.